The third kappa shape index (κ3) is 3.85. The van der Waals surface area contributed by atoms with Crippen LogP contribution in [0.2, 0.25) is 0 Å². The Morgan fingerprint density at radius 1 is 1.69 bits per heavy atom. The fraction of sp³-hybridized carbons (Fsp3) is 0.700. The fourth-order valence-electron chi connectivity index (χ4n) is 0.983. The van der Waals surface area contributed by atoms with E-state index in [2.05, 4.69) is 26.1 Å². The molecule has 0 bridgehead atoms. The molecule has 2 nitrogen and oxygen atoms in total. The Bertz CT molecular complexity index is 219. The maximum Gasteiger partial charge on any atom is 0.221 e. The zero-order valence-electron chi connectivity index (χ0n) is 7.99. The zero-order valence-corrected chi connectivity index (χ0v) is 8.89. The average molecular weight is 199 g/mol. The zero-order chi connectivity index (χ0) is 10.1. The lowest BCUT2D eigenvalue weighted by Crippen LogP contribution is -2.13. The number of allylic oxidation sites excluding steroid dienone is 1. The highest BCUT2D eigenvalue weighted by atomic mass is 32.1. The van der Waals surface area contributed by atoms with Gasteiger partial charge in [-0.1, -0.05) is 13.0 Å². The van der Waals surface area contributed by atoms with Crippen molar-refractivity contribution in [3.05, 3.63) is 12.7 Å². The van der Waals surface area contributed by atoms with E-state index < -0.39 is 0 Å². The van der Waals surface area contributed by atoms with Crippen molar-refractivity contribution in [1.29, 1.82) is 0 Å². The summed E-state index contributed by atoms with van der Waals surface area (Å²) in [4.78, 5) is 10.3. The van der Waals surface area contributed by atoms with E-state index in [1.165, 1.54) is 12.8 Å². The predicted molar refractivity (Wildman–Crippen MR) is 57.6 cm³/mol. The van der Waals surface area contributed by atoms with E-state index in [0.717, 1.165) is 6.42 Å². The summed E-state index contributed by atoms with van der Waals surface area (Å²) in [6, 6.07) is 0. The Kier molecular flexibility index (Phi) is 3.06. The van der Waals surface area contributed by atoms with Gasteiger partial charge in [-0.25, -0.2) is 0 Å². The van der Waals surface area contributed by atoms with Crippen LogP contribution in [0.25, 0.3) is 0 Å². The first kappa shape index (κ1) is 10.6. The smallest absolute Gasteiger partial charge is 0.221 e. The lowest BCUT2D eigenvalue weighted by molar-refractivity contribution is -0.119. The summed E-state index contributed by atoms with van der Waals surface area (Å²) in [5.41, 5.74) is 4.98. The highest BCUT2D eigenvalue weighted by molar-refractivity contribution is 7.82. The number of hydrogen-bond acceptors (Lipinski definition) is 2. The number of amides is 1. The first-order valence-electron chi connectivity index (χ1n) is 4.60. The normalized spacial score (nSPS) is 32.5. The summed E-state index contributed by atoms with van der Waals surface area (Å²) in [6.07, 6.45) is 5.33. The third-order valence-corrected chi connectivity index (χ3v) is 2.93. The van der Waals surface area contributed by atoms with Gasteiger partial charge in [0.05, 0.1) is 0 Å². The predicted octanol–water partition coefficient (Wildman–Crippen LogP) is 1.76. The van der Waals surface area contributed by atoms with Crippen molar-refractivity contribution in [2.45, 2.75) is 30.9 Å². The number of carbonyl (C=O) groups excluding carboxylic acids is 1. The van der Waals surface area contributed by atoms with Crippen LogP contribution in [-0.4, -0.2) is 10.7 Å². The van der Waals surface area contributed by atoms with Crippen molar-refractivity contribution in [3.8, 4) is 0 Å². The van der Waals surface area contributed by atoms with Gasteiger partial charge < -0.3 is 5.73 Å². The fourth-order valence-corrected chi connectivity index (χ4v) is 1.09. The van der Waals surface area contributed by atoms with Gasteiger partial charge >= 0.3 is 0 Å². The molecule has 2 fully saturated rings. The highest BCUT2D eigenvalue weighted by Gasteiger charge is 2.38. The topological polar surface area (TPSA) is 43.1 Å². The summed E-state index contributed by atoms with van der Waals surface area (Å²) >= 11 is 4.23. The molecular weight excluding hydrogens is 182 g/mol. The van der Waals surface area contributed by atoms with Crippen LogP contribution in [0.5, 0.6) is 0 Å². The third-order valence-electron chi connectivity index (χ3n) is 2.48. The molecule has 0 radical (unpaired) electrons. The molecule has 2 rings (SSSR count). The van der Waals surface area contributed by atoms with Gasteiger partial charge in [-0.3, -0.25) is 4.79 Å². The Balaban J connectivity index is 0.000000145. The number of hydrogen-bond donors (Lipinski definition) is 2. The Morgan fingerprint density at radius 2 is 2.15 bits per heavy atom. The van der Waals surface area contributed by atoms with Crippen molar-refractivity contribution < 1.29 is 4.79 Å². The van der Waals surface area contributed by atoms with Gasteiger partial charge in [-0.15, -0.1) is 6.58 Å². The van der Waals surface area contributed by atoms with Gasteiger partial charge in [-0.05, 0) is 25.2 Å². The van der Waals surface area contributed by atoms with Crippen LogP contribution in [0.1, 0.15) is 26.2 Å². The Labute approximate surface area is 85.0 Å². The standard InChI is InChI=1S/C6H9NO.C4H8S/c1-2-4-3-5(4)6(7)8;1-4(5)2-3-4/h2,4-5H,1,3H2,(H2,7,8);5H,2-3H2,1H3. The number of thiol groups is 1. The lowest BCUT2D eigenvalue weighted by atomic mass is 10.3. The monoisotopic (exact) mass is 199 g/mol. The summed E-state index contributed by atoms with van der Waals surface area (Å²) in [5, 5.41) is 0. The molecule has 0 aromatic carbocycles. The SMILES string of the molecule is C=CC1CC1C(N)=O.CC1(S)CC1. The van der Waals surface area contributed by atoms with Crippen molar-refractivity contribution in [1.82, 2.24) is 0 Å². The summed E-state index contributed by atoms with van der Waals surface area (Å²) in [7, 11) is 0. The molecular formula is C10H17NOS. The van der Waals surface area contributed by atoms with Crippen LogP contribution in [0.4, 0.5) is 0 Å². The highest BCUT2D eigenvalue weighted by Crippen LogP contribution is 2.40. The molecule has 2 unspecified atom stereocenters. The number of rotatable bonds is 2. The molecule has 2 saturated carbocycles. The van der Waals surface area contributed by atoms with E-state index in [9.17, 15) is 4.79 Å². The molecule has 2 atom stereocenters. The number of nitrogens with two attached hydrogens (primary N) is 1. The molecule has 0 aromatic rings. The van der Waals surface area contributed by atoms with Gasteiger partial charge in [0.25, 0.3) is 0 Å². The largest absolute Gasteiger partial charge is 0.369 e. The van der Waals surface area contributed by atoms with E-state index in [0.29, 0.717) is 10.7 Å². The van der Waals surface area contributed by atoms with Gasteiger partial charge in [-0.2, -0.15) is 12.6 Å². The quantitative estimate of drug-likeness (QED) is 0.516. The Morgan fingerprint density at radius 3 is 2.23 bits per heavy atom. The van der Waals surface area contributed by atoms with E-state index in [1.54, 1.807) is 6.08 Å². The first-order valence-corrected chi connectivity index (χ1v) is 5.05. The summed E-state index contributed by atoms with van der Waals surface area (Å²) < 4.78 is 0.444. The van der Waals surface area contributed by atoms with E-state index in [1.807, 2.05) is 0 Å². The molecule has 0 heterocycles. The van der Waals surface area contributed by atoms with Crippen LogP contribution in [0, 0.1) is 11.8 Å². The minimum atomic E-state index is -0.185. The molecule has 0 spiro atoms. The molecule has 0 aliphatic heterocycles. The van der Waals surface area contributed by atoms with Crippen LogP contribution in [0.15, 0.2) is 12.7 Å². The van der Waals surface area contributed by atoms with Gasteiger partial charge in [0.15, 0.2) is 0 Å². The maximum absolute atomic E-state index is 10.3. The van der Waals surface area contributed by atoms with Crippen LogP contribution >= 0.6 is 12.6 Å². The first-order chi connectivity index (χ1) is 5.96. The van der Waals surface area contributed by atoms with Crippen LogP contribution < -0.4 is 5.73 Å². The van der Waals surface area contributed by atoms with Crippen molar-refractivity contribution in [2.75, 3.05) is 0 Å². The minimum absolute atomic E-state index is 0.104. The second kappa shape index (κ2) is 3.74. The molecule has 74 valence electrons. The second-order valence-corrected chi connectivity index (χ2v) is 5.22. The van der Waals surface area contributed by atoms with Gasteiger partial charge in [0.1, 0.15) is 0 Å². The molecule has 0 aromatic heterocycles. The molecule has 13 heavy (non-hydrogen) atoms. The van der Waals surface area contributed by atoms with Crippen molar-refractivity contribution in [3.63, 3.8) is 0 Å². The number of carbonyl (C=O) groups is 1. The second-order valence-electron chi connectivity index (χ2n) is 4.14. The lowest BCUT2D eigenvalue weighted by Gasteiger charge is -1.85. The Hall–Kier alpha value is -0.440. The van der Waals surface area contributed by atoms with E-state index >= 15 is 0 Å². The molecule has 2 aliphatic carbocycles. The van der Waals surface area contributed by atoms with Crippen LogP contribution in [0.3, 0.4) is 0 Å². The molecule has 2 aliphatic rings. The van der Waals surface area contributed by atoms with E-state index in [4.69, 9.17) is 5.73 Å². The molecule has 2 N–H and O–H groups in total. The molecule has 1 amide bonds. The van der Waals surface area contributed by atoms with Gasteiger partial charge in [0, 0.05) is 10.7 Å². The van der Waals surface area contributed by atoms with Crippen molar-refractivity contribution in [2.24, 2.45) is 17.6 Å². The average Bonchev–Trinajstić information content (AvgIpc) is 2.88. The van der Waals surface area contributed by atoms with Crippen molar-refractivity contribution >= 4 is 18.5 Å². The van der Waals surface area contributed by atoms with Crippen LogP contribution in [-0.2, 0) is 4.79 Å². The minimum Gasteiger partial charge on any atom is -0.369 e. The number of primary amides is 1. The summed E-state index contributed by atoms with van der Waals surface area (Å²) in [5.74, 6) is 0.301. The molecule has 0 saturated heterocycles. The van der Waals surface area contributed by atoms with E-state index in [-0.39, 0.29) is 11.8 Å². The molecule has 3 heteroatoms. The van der Waals surface area contributed by atoms with Gasteiger partial charge in [0.2, 0.25) is 5.91 Å². The summed E-state index contributed by atoms with van der Waals surface area (Å²) in [6.45, 7) is 5.71. The maximum atomic E-state index is 10.3.